The second kappa shape index (κ2) is 4.32. The Kier molecular flexibility index (Phi) is 2.69. The second-order valence-electron chi connectivity index (χ2n) is 2.94. The van der Waals surface area contributed by atoms with Gasteiger partial charge in [0.1, 0.15) is 0 Å². The van der Waals surface area contributed by atoms with Crippen LogP contribution >= 0.6 is 0 Å². The van der Waals surface area contributed by atoms with Crippen LogP contribution in [0.2, 0.25) is 0 Å². The smallest absolute Gasteiger partial charge is 0.153 e. The molecule has 2 aromatic rings. The summed E-state index contributed by atoms with van der Waals surface area (Å²) >= 11 is 0. The molecule has 0 saturated carbocycles. The molecular formula is C11H9N3O. The fraction of sp³-hybridized carbons (Fsp3) is 0. The van der Waals surface area contributed by atoms with Crippen molar-refractivity contribution in [1.82, 2.24) is 9.97 Å². The third kappa shape index (κ3) is 2.17. The molecule has 0 amide bonds. The van der Waals surface area contributed by atoms with Crippen LogP contribution in [0.3, 0.4) is 0 Å². The Morgan fingerprint density at radius 2 is 1.80 bits per heavy atom. The van der Waals surface area contributed by atoms with Crippen molar-refractivity contribution in [3.8, 4) is 0 Å². The minimum atomic E-state index is 0.536. The Balaban J connectivity index is 2.28. The van der Waals surface area contributed by atoms with Crippen molar-refractivity contribution < 1.29 is 4.79 Å². The molecule has 4 nitrogen and oxygen atoms in total. The van der Waals surface area contributed by atoms with Gasteiger partial charge in [0, 0.05) is 30.5 Å². The molecule has 0 spiro atoms. The van der Waals surface area contributed by atoms with Crippen molar-refractivity contribution in [2.24, 2.45) is 0 Å². The molecule has 74 valence electrons. The Morgan fingerprint density at radius 3 is 2.53 bits per heavy atom. The standard InChI is InChI=1S/C11H9N3O/c15-8-9-7-13-6-3-11(9)14-10-1-4-12-5-2-10/h1-8H,(H,12,13,14). The van der Waals surface area contributed by atoms with Crippen molar-refractivity contribution >= 4 is 17.7 Å². The fourth-order valence-corrected chi connectivity index (χ4v) is 1.21. The van der Waals surface area contributed by atoms with Crippen molar-refractivity contribution in [2.45, 2.75) is 0 Å². The van der Waals surface area contributed by atoms with Gasteiger partial charge < -0.3 is 5.32 Å². The first-order chi connectivity index (χ1) is 7.40. The molecule has 1 N–H and O–H groups in total. The maximum Gasteiger partial charge on any atom is 0.153 e. The predicted molar refractivity (Wildman–Crippen MR) is 57.1 cm³/mol. The van der Waals surface area contributed by atoms with E-state index in [4.69, 9.17) is 0 Å². The van der Waals surface area contributed by atoms with E-state index in [9.17, 15) is 4.79 Å². The number of nitrogens with one attached hydrogen (secondary N) is 1. The number of carbonyl (C=O) groups excluding carboxylic acids is 1. The summed E-state index contributed by atoms with van der Waals surface area (Å²) in [7, 11) is 0. The van der Waals surface area contributed by atoms with Gasteiger partial charge in [0.2, 0.25) is 0 Å². The molecule has 0 atom stereocenters. The number of anilines is 2. The van der Waals surface area contributed by atoms with E-state index in [0.29, 0.717) is 5.56 Å². The number of aromatic nitrogens is 2. The Labute approximate surface area is 87.0 Å². The first-order valence-electron chi connectivity index (χ1n) is 4.46. The molecule has 0 bridgehead atoms. The summed E-state index contributed by atoms with van der Waals surface area (Å²) in [6, 6.07) is 5.41. The van der Waals surface area contributed by atoms with Crippen molar-refractivity contribution in [2.75, 3.05) is 5.32 Å². The minimum Gasteiger partial charge on any atom is -0.355 e. The number of rotatable bonds is 3. The minimum absolute atomic E-state index is 0.536. The van der Waals surface area contributed by atoms with Gasteiger partial charge in [0.15, 0.2) is 6.29 Å². The van der Waals surface area contributed by atoms with E-state index in [1.165, 1.54) is 6.20 Å². The number of nitrogens with zero attached hydrogens (tertiary/aromatic N) is 2. The maximum atomic E-state index is 10.7. The van der Waals surface area contributed by atoms with E-state index >= 15 is 0 Å². The average Bonchev–Trinajstić information content (AvgIpc) is 2.31. The van der Waals surface area contributed by atoms with E-state index in [-0.39, 0.29) is 0 Å². The lowest BCUT2D eigenvalue weighted by Gasteiger charge is -2.07. The van der Waals surface area contributed by atoms with E-state index in [0.717, 1.165) is 17.7 Å². The lowest BCUT2D eigenvalue weighted by molar-refractivity contribution is 0.112. The summed E-state index contributed by atoms with van der Waals surface area (Å²) < 4.78 is 0. The SMILES string of the molecule is O=Cc1cnccc1Nc1ccncc1. The highest BCUT2D eigenvalue weighted by Gasteiger charge is 2.00. The predicted octanol–water partition coefficient (Wildman–Crippen LogP) is 2.03. The average molecular weight is 199 g/mol. The molecule has 4 heteroatoms. The van der Waals surface area contributed by atoms with E-state index in [1.807, 2.05) is 12.1 Å². The molecule has 2 heterocycles. The number of carbonyl (C=O) groups is 1. The van der Waals surface area contributed by atoms with Crippen LogP contribution in [0.5, 0.6) is 0 Å². The van der Waals surface area contributed by atoms with Crippen LogP contribution in [0.4, 0.5) is 11.4 Å². The molecule has 0 unspecified atom stereocenters. The summed E-state index contributed by atoms with van der Waals surface area (Å²) in [6.07, 6.45) is 7.30. The Bertz CT molecular complexity index is 456. The van der Waals surface area contributed by atoms with Crippen LogP contribution < -0.4 is 5.32 Å². The van der Waals surface area contributed by atoms with Crippen LogP contribution in [-0.2, 0) is 0 Å². The van der Waals surface area contributed by atoms with Crippen molar-refractivity contribution in [3.63, 3.8) is 0 Å². The zero-order chi connectivity index (χ0) is 10.5. The largest absolute Gasteiger partial charge is 0.355 e. The number of aldehydes is 1. The lowest BCUT2D eigenvalue weighted by atomic mass is 10.2. The molecule has 0 aromatic carbocycles. The van der Waals surface area contributed by atoms with Gasteiger partial charge in [-0.2, -0.15) is 0 Å². The van der Waals surface area contributed by atoms with Gasteiger partial charge in [0.25, 0.3) is 0 Å². The molecule has 0 aliphatic rings. The van der Waals surface area contributed by atoms with Gasteiger partial charge in [-0.25, -0.2) is 0 Å². The zero-order valence-electron chi connectivity index (χ0n) is 7.92. The second-order valence-corrected chi connectivity index (χ2v) is 2.94. The highest BCUT2D eigenvalue weighted by molar-refractivity contribution is 5.85. The number of hydrogen-bond donors (Lipinski definition) is 1. The first-order valence-corrected chi connectivity index (χ1v) is 4.46. The van der Waals surface area contributed by atoms with E-state index < -0.39 is 0 Å². The van der Waals surface area contributed by atoms with Gasteiger partial charge in [-0.05, 0) is 18.2 Å². The number of pyridine rings is 2. The molecule has 2 aromatic heterocycles. The summed E-state index contributed by atoms with van der Waals surface area (Å²) in [4.78, 5) is 18.5. The summed E-state index contributed by atoms with van der Waals surface area (Å²) in [5.41, 5.74) is 2.17. The molecule has 0 aliphatic heterocycles. The zero-order valence-corrected chi connectivity index (χ0v) is 7.92. The van der Waals surface area contributed by atoms with Gasteiger partial charge >= 0.3 is 0 Å². The molecular weight excluding hydrogens is 190 g/mol. The first kappa shape index (κ1) is 9.33. The molecule has 2 rings (SSSR count). The quantitative estimate of drug-likeness (QED) is 0.768. The monoisotopic (exact) mass is 199 g/mol. The summed E-state index contributed by atoms with van der Waals surface area (Å²) in [5, 5.41) is 3.11. The van der Waals surface area contributed by atoms with Gasteiger partial charge in [-0.1, -0.05) is 0 Å². The van der Waals surface area contributed by atoms with Crippen LogP contribution in [0, 0.1) is 0 Å². The van der Waals surface area contributed by atoms with Gasteiger partial charge in [-0.3, -0.25) is 14.8 Å². The van der Waals surface area contributed by atoms with Gasteiger partial charge in [-0.15, -0.1) is 0 Å². The molecule has 0 fully saturated rings. The fourth-order valence-electron chi connectivity index (χ4n) is 1.21. The van der Waals surface area contributed by atoms with Crippen molar-refractivity contribution in [1.29, 1.82) is 0 Å². The van der Waals surface area contributed by atoms with Crippen molar-refractivity contribution in [3.05, 3.63) is 48.5 Å². The van der Waals surface area contributed by atoms with Crippen LogP contribution in [-0.4, -0.2) is 16.3 Å². The molecule has 0 aliphatic carbocycles. The summed E-state index contributed by atoms with van der Waals surface area (Å²) in [6.45, 7) is 0. The third-order valence-electron chi connectivity index (χ3n) is 1.94. The summed E-state index contributed by atoms with van der Waals surface area (Å²) in [5.74, 6) is 0. The Morgan fingerprint density at radius 1 is 1.07 bits per heavy atom. The van der Waals surface area contributed by atoms with E-state index in [2.05, 4.69) is 15.3 Å². The maximum absolute atomic E-state index is 10.7. The lowest BCUT2D eigenvalue weighted by Crippen LogP contribution is -1.95. The third-order valence-corrected chi connectivity index (χ3v) is 1.94. The van der Waals surface area contributed by atoms with Crippen LogP contribution in [0.1, 0.15) is 10.4 Å². The molecule has 0 radical (unpaired) electrons. The topological polar surface area (TPSA) is 54.9 Å². The highest BCUT2D eigenvalue weighted by atomic mass is 16.1. The number of hydrogen-bond acceptors (Lipinski definition) is 4. The van der Waals surface area contributed by atoms with Crippen LogP contribution in [0.25, 0.3) is 0 Å². The van der Waals surface area contributed by atoms with Crippen LogP contribution in [0.15, 0.2) is 43.0 Å². The molecule has 15 heavy (non-hydrogen) atoms. The normalized spacial score (nSPS) is 9.60. The molecule has 0 saturated heterocycles. The highest BCUT2D eigenvalue weighted by Crippen LogP contribution is 2.17. The Hall–Kier alpha value is -2.23. The van der Waals surface area contributed by atoms with Gasteiger partial charge in [0.05, 0.1) is 11.3 Å². The van der Waals surface area contributed by atoms with E-state index in [1.54, 1.807) is 24.7 Å².